The third-order valence-electron chi connectivity index (χ3n) is 2.49. The van der Waals surface area contributed by atoms with Crippen LogP contribution < -0.4 is 0 Å². The van der Waals surface area contributed by atoms with Gasteiger partial charge in [-0.25, -0.2) is 13.8 Å². The molecular weight excluding hydrogens is 340 g/mol. The van der Waals surface area contributed by atoms with E-state index in [1.54, 1.807) is 0 Å². The van der Waals surface area contributed by atoms with Crippen molar-refractivity contribution in [2.45, 2.75) is 6.42 Å². The molecule has 0 aliphatic heterocycles. The van der Waals surface area contributed by atoms with E-state index >= 15 is 0 Å². The molecule has 1 aromatic heterocycles. The van der Waals surface area contributed by atoms with Crippen LogP contribution in [0.1, 0.15) is 15.9 Å². The van der Waals surface area contributed by atoms with Crippen molar-refractivity contribution >= 4 is 33.3 Å². The number of rotatable bonds is 3. The second-order valence-corrected chi connectivity index (χ2v) is 5.08. The van der Waals surface area contributed by atoms with E-state index in [1.807, 2.05) is 0 Å². The van der Waals surface area contributed by atoms with E-state index in [4.69, 9.17) is 11.6 Å². The topological polar surface area (TPSA) is 30.0 Å². The molecule has 1 aromatic carbocycles. The molecule has 0 spiro atoms. The Labute approximate surface area is 121 Å². The summed E-state index contributed by atoms with van der Waals surface area (Å²) >= 11 is 8.98. The number of aromatic nitrogens is 1. The maximum absolute atomic E-state index is 13.5. The fourth-order valence-corrected chi connectivity index (χ4v) is 2.11. The average molecular weight is 347 g/mol. The summed E-state index contributed by atoms with van der Waals surface area (Å²) in [6.07, 6.45) is 1.17. The normalized spacial score (nSPS) is 10.5. The van der Waals surface area contributed by atoms with Crippen LogP contribution in [0.2, 0.25) is 5.15 Å². The summed E-state index contributed by atoms with van der Waals surface area (Å²) in [6.45, 7) is 0. The second-order valence-electron chi connectivity index (χ2n) is 3.80. The molecule has 2 nitrogen and oxygen atoms in total. The van der Waals surface area contributed by atoms with Crippen molar-refractivity contribution in [2.75, 3.05) is 0 Å². The molecule has 6 heteroatoms. The number of nitrogens with zero attached hydrogens (tertiary/aromatic N) is 1. The van der Waals surface area contributed by atoms with Crippen LogP contribution in [0.25, 0.3) is 0 Å². The van der Waals surface area contributed by atoms with Gasteiger partial charge in [0.05, 0.1) is 5.56 Å². The molecule has 0 fully saturated rings. The van der Waals surface area contributed by atoms with Gasteiger partial charge < -0.3 is 0 Å². The monoisotopic (exact) mass is 345 g/mol. The molecule has 98 valence electrons. The Hall–Kier alpha value is -1.33. The van der Waals surface area contributed by atoms with Crippen LogP contribution in [0.15, 0.2) is 34.9 Å². The van der Waals surface area contributed by atoms with Gasteiger partial charge in [-0.05, 0) is 33.6 Å². The number of Topliss-reactive ketones (excluding diaryl/α,β-unsaturated/α-hetero) is 1. The zero-order chi connectivity index (χ0) is 14.0. The zero-order valence-corrected chi connectivity index (χ0v) is 11.8. The Morgan fingerprint density at radius 1 is 1.37 bits per heavy atom. The highest BCUT2D eigenvalue weighted by Crippen LogP contribution is 2.21. The lowest BCUT2D eigenvalue weighted by Gasteiger charge is -2.05. The number of benzene rings is 1. The highest BCUT2D eigenvalue weighted by atomic mass is 79.9. The number of ketones is 1. The Morgan fingerprint density at radius 2 is 2.11 bits per heavy atom. The molecule has 19 heavy (non-hydrogen) atoms. The van der Waals surface area contributed by atoms with Gasteiger partial charge in [0.15, 0.2) is 17.4 Å². The summed E-state index contributed by atoms with van der Waals surface area (Å²) in [5.41, 5.74) is 0.153. The van der Waals surface area contributed by atoms with Gasteiger partial charge >= 0.3 is 0 Å². The Kier molecular flexibility index (Phi) is 4.27. The Balaban J connectivity index is 2.31. The van der Waals surface area contributed by atoms with Gasteiger partial charge in [-0.1, -0.05) is 23.7 Å². The van der Waals surface area contributed by atoms with Gasteiger partial charge in [0.25, 0.3) is 0 Å². The molecule has 2 aromatic rings. The highest BCUT2D eigenvalue weighted by Gasteiger charge is 2.16. The summed E-state index contributed by atoms with van der Waals surface area (Å²) in [5.74, 6) is -2.43. The molecule has 0 atom stereocenters. The summed E-state index contributed by atoms with van der Waals surface area (Å²) in [6, 6.07) is 5.20. The number of hydrogen-bond acceptors (Lipinski definition) is 2. The fourth-order valence-electron chi connectivity index (χ4n) is 1.57. The molecule has 0 unspecified atom stereocenters. The fraction of sp³-hybridized carbons (Fsp3) is 0.0769. The van der Waals surface area contributed by atoms with E-state index in [0.717, 1.165) is 6.07 Å². The molecule has 0 saturated carbocycles. The van der Waals surface area contributed by atoms with Gasteiger partial charge in [0, 0.05) is 17.1 Å². The zero-order valence-electron chi connectivity index (χ0n) is 9.46. The Bertz CT molecular complexity index is 649. The predicted octanol–water partition coefficient (Wildman–Crippen LogP) is 4.20. The summed E-state index contributed by atoms with van der Waals surface area (Å²) in [5, 5.41) is 0.0324. The molecule has 0 radical (unpaired) electrons. The van der Waals surface area contributed by atoms with Gasteiger partial charge in [0.1, 0.15) is 5.15 Å². The van der Waals surface area contributed by atoms with Crippen LogP contribution in [-0.2, 0) is 6.42 Å². The van der Waals surface area contributed by atoms with Crippen molar-refractivity contribution in [1.82, 2.24) is 4.98 Å². The van der Waals surface area contributed by atoms with Crippen LogP contribution in [0.4, 0.5) is 8.78 Å². The molecule has 1 heterocycles. The molecular formula is C13H7BrClF2NO. The molecule has 0 aliphatic rings. The van der Waals surface area contributed by atoms with Gasteiger partial charge in [-0.3, -0.25) is 4.79 Å². The third kappa shape index (κ3) is 3.16. The van der Waals surface area contributed by atoms with E-state index in [9.17, 15) is 13.6 Å². The first-order chi connectivity index (χ1) is 8.99. The first-order valence-electron chi connectivity index (χ1n) is 5.26. The van der Waals surface area contributed by atoms with E-state index in [-0.39, 0.29) is 22.7 Å². The predicted molar refractivity (Wildman–Crippen MR) is 71.3 cm³/mol. The van der Waals surface area contributed by atoms with Crippen LogP contribution in [0.3, 0.4) is 0 Å². The second kappa shape index (κ2) is 5.75. The number of carbonyl (C=O) groups excluding carboxylic acids is 1. The lowest BCUT2D eigenvalue weighted by atomic mass is 10.0. The van der Waals surface area contributed by atoms with Crippen LogP contribution in [0, 0.1) is 11.6 Å². The molecule has 0 N–H and O–H groups in total. The van der Waals surface area contributed by atoms with Crippen molar-refractivity contribution in [3.05, 3.63) is 62.8 Å². The maximum atomic E-state index is 13.5. The average Bonchev–Trinajstić information content (AvgIpc) is 2.38. The molecule has 2 rings (SSSR count). The lowest BCUT2D eigenvalue weighted by molar-refractivity contribution is 0.0991. The SMILES string of the molecule is O=C(Cc1cccc(F)c1F)c1cc(Br)cnc1Cl. The number of hydrogen-bond donors (Lipinski definition) is 0. The number of pyridine rings is 1. The largest absolute Gasteiger partial charge is 0.294 e. The minimum Gasteiger partial charge on any atom is -0.294 e. The summed E-state index contributed by atoms with van der Waals surface area (Å²) in [4.78, 5) is 15.8. The van der Waals surface area contributed by atoms with Gasteiger partial charge in [0.2, 0.25) is 0 Å². The van der Waals surface area contributed by atoms with E-state index in [0.29, 0.717) is 4.47 Å². The van der Waals surface area contributed by atoms with Crippen LogP contribution in [-0.4, -0.2) is 10.8 Å². The number of carbonyl (C=O) groups is 1. The first kappa shape index (κ1) is 14.1. The van der Waals surface area contributed by atoms with Crippen LogP contribution in [0.5, 0.6) is 0 Å². The highest BCUT2D eigenvalue weighted by molar-refractivity contribution is 9.10. The minimum atomic E-state index is -1.02. The van der Waals surface area contributed by atoms with Gasteiger partial charge in [-0.2, -0.15) is 0 Å². The van der Waals surface area contributed by atoms with Crippen LogP contribution >= 0.6 is 27.5 Å². The van der Waals surface area contributed by atoms with E-state index in [2.05, 4.69) is 20.9 Å². The summed E-state index contributed by atoms with van der Waals surface area (Å²) in [7, 11) is 0. The maximum Gasteiger partial charge on any atom is 0.170 e. The molecule has 0 bridgehead atoms. The molecule has 0 amide bonds. The minimum absolute atomic E-state index is 0.0129. The lowest BCUT2D eigenvalue weighted by Crippen LogP contribution is -2.07. The van der Waals surface area contributed by atoms with E-state index in [1.165, 1.54) is 24.4 Å². The standard InChI is InChI=1S/C13H7BrClF2NO/c14-8-5-9(13(15)18-6-8)11(19)4-7-2-1-3-10(16)12(7)17/h1-3,5-6H,4H2. The van der Waals surface area contributed by atoms with Crippen molar-refractivity contribution in [3.63, 3.8) is 0 Å². The Morgan fingerprint density at radius 3 is 2.84 bits per heavy atom. The van der Waals surface area contributed by atoms with Crippen molar-refractivity contribution in [2.24, 2.45) is 0 Å². The van der Waals surface area contributed by atoms with E-state index < -0.39 is 17.4 Å². The molecule has 0 aliphatic carbocycles. The summed E-state index contributed by atoms with van der Waals surface area (Å²) < 4.78 is 27.1. The number of halogens is 4. The van der Waals surface area contributed by atoms with Crippen molar-refractivity contribution in [1.29, 1.82) is 0 Å². The van der Waals surface area contributed by atoms with Crippen molar-refractivity contribution < 1.29 is 13.6 Å². The van der Waals surface area contributed by atoms with Crippen molar-refractivity contribution in [3.8, 4) is 0 Å². The smallest absolute Gasteiger partial charge is 0.170 e. The molecule has 0 saturated heterocycles. The quantitative estimate of drug-likeness (QED) is 0.616. The first-order valence-corrected chi connectivity index (χ1v) is 6.43. The van der Waals surface area contributed by atoms with Gasteiger partial charge in [-0.15, -0.1) is 0 Å². The third-order valence-corrected chi connectivity index (χ3v) is 3.22.